The number of anilines is 2. The van der Waals surface area contributed by atoms with Crippen LogP contribution >= 0.6 is 0 Å². The minimum atomic E-state index is -0.498. The Hall–Kier alpha value is -5.23. The second-order valence-electron chi connectivity index (χ2n) is 11.8. The number of ether oxygens (including phenoxy) is 2. The number of benzene rings is 2. The maximum absolute atomic E-state index is 15.6. The first-order valence-corrected chi connectivity index (χ1v) is 15.7. The normalized spacial score (nSPS) is 16.6. The number of pyridine rings is 1. The van der Waals surface area contributed by atoms with Crippen molar-refractivity contribution in [2.45, 2.75) is 26.3 Å². The molecule has 1 amide bonds. The summed E-state index contributed by atoms with van der Waals surface area (Å²) in [6, 6.07) is 12.2. The number of carbonyl (C=O) groups is 1. The maximum atomic E-state index is 15.6. The SMILES string of the molecule is CC/C=C/N=C(Nc1ccc(Oc2ccn3ncnc3c2)cc1F)c1c(C)ccc2c1OCC1CN(C(=O)/C=C/CN(C)C)CCN21. The molecule has 1 fully saturated rings. The molecule has 11 nitrogen and oxygen atoms in total. The van der Waals surface area contributed by atoms with Crippen molar-refractivity contribution in [1.82, 2.24) is 24.4 Å². The highest BCUT2D eigenvalue weighted by Crippen LogP contribution is 2.40. The Bertz CT molecular complexity index is 1850. The number of nitrogens with zero attached hydrogens (tertiary/aromatic N) is 7. The van der Waals surface area contributed by atoms with Gasteiger partial charge >= 0.3 is 0 Å². The van der Waals surface area contributed by atoms with Crippen molar-refractivity contribution in [2.75, 3.05) is 57.1 Å². The molecular formula is C35H39FN8O3. The molecule has 244 valence electrons. The third-order valence-corrected chi connectivity index (χ3v) is 8.06. The number of allylic oxidation sites excluding steroid dienone is 1. The van der Waals surface area contributed by atoms with E-state index in [0.29, 0.717) is 61.5 Å². The summed E-state index contributed by atoms with van der Waals surface area (Å²) < 4.78 is 29.5. The summed E-state index contributed by atoms with van der Waals surface area (Å²) in [7, 11) is 3.94. The van der Waals surface area contributed by atoms with Crippen LogP contribution < -0.4 is 19.7 Å². The molecular weight excluding hydrogens is 599 g/mol. The number of aryl methyl sites for hydroxylation is 1. The summed E-state index contributed by atoms with van der Waals surface area (Å²) >= 11 is 0. The molecule has 0 saturated carbocycles. The van der Waals surface area contributed by atoms with Gasteiger partial charge in [-0.15, -0.1) is 0 Å². The van der Waals surface area contributed by atoms with E-state index in [9.17, 15) is 4.79 Å². The lowest BCUT2D eigenvalue weighted by atomic mass is 10.0. The van der Waals surface area contributed by atoms with E-state index in [2.05, 4.69) is 26.4 Å². The van der Waals surface area contributed by atoms with E-state index in [1.54, 1.807) is 47.3 Å². The van der Waals surface area contributed by atoms with Crippen LogP contribution in [0.3, 0.4) is 0 Å². The van der Waals surface area contributed by atoms with Crippen molar-refractivity contribution >= 4 is 28.8 Å². The molecule has 2 aromatic heterocycles. The number of piperazine rings is 1. The van der Waals surface area contributed by atoms with Gasteiger partial charge in [-0.1, -0.05) is 25.1 Å². The lowest BCUT2D eigenvalue weighted by molar-refractivity contribution is -0.127. The smallest absolute Gasteiger partial charge is 0.246 e. The molecule has 12 heteroatoms. The van der Waals surface area contributed by atoms with Crippen molar-refractivity contribution in [3.63, 3.8) is 0 Å². The van der Waals surface area contributed by atoms with E-state index >= 15 is 4.39 Å². The Morgan fingerprint density at radius 3 is 2.83 bits per heavy atom. The Morgan fingerprint density at radius 1 is 1.17 bits per heavy atom. The number of fused-ring (bicyclic) bond motifs is 4. The van der Waals surface area contributed by atoms with Crippen molar-refractivity contribution in [1.29, 1.82) is 0 Å². The Morgan fingerprint density at radius 2 is 2.02 bits per heavy atom. The molecule has 4 aromatic rings. The number of halogens is 1. The van der Waals surface area contributed by atoms with Crippen LogP contribution in [0.1, 0.15) is 24.5 Å². The number of hydrogen-bond donors (Lipinski definition) is 1. The van der Waals surface area contributed by atoms with Gasteiger partial charge < -0.3 is 29.5 Å². The molecule has 0 bridgehead atoms. The summed E-state index contributed by atoms with van der Waals surface area (Å²) in [5.41, 5.74) is 3.49. The average Bonchev–Trinajstić information content (AvgIpc) is 3.53. The highest BCUT2D eigenvalue weighted by atomic mass is 19.1. The fourth-order valence-corrected chi connectivity index (χ4v) is 5.68. The molecule has 2 aromatic carbocycles. The maximum Gasteiger partial charge on any atom is 0.246 e. The van der Waals surface area contributed by atoms with Crippen LogP contribution in [0.4, 0.5) is 15.8 Å². The predicted molar refractivity (Wildman–Crippen MR) is 181 cm³/mol. The molecule has 0 spiro atoms. The molecule has 1 saturated heterocycles. The van der Waals surface area contributed by atoms with Crippen molar-refractivity contribution < 1.29 is 18.7 Å². The van der Waals surface area contributed by atoms with Crippen LogP contribution in [0.25, 0.3) is 5.65 Å². The second kappa shape index (κ2) is 14.0. The minimum Gasteiger partial charge on any atom is -0.488 e. The summed E-state index contributed by atoms with van der Waals surface area (Å²) in [4.78, 5) is 27.9. The van der Waals surface area contributed by atoms with Gasteiger partial charge in [-0.25, -0.2) is 18.9 Å². The van der Waals surface area contributed by atoms with E-state index in [1.165, 1.54) is 12.4 Å². The minimum absolute atomic E-state index is 0.0121. The number of aliphatic imine (C=N–C) groups is 1. The largest absolute Gasteiger partial charge is 0.488 e. The van der Waals surface area contributed by atoms with Crippen LogP contribution in [0.15, 0.2) is 84.4 Å². The number of likely N-dealkylation sites (N-methyl/N-ethyl adjacent to an activating group) is 1. The molecule has 2 aliphatic heterocycles. The van der Waals surface area contributed by atoms with Crippen LogP contribution in [0, 0.1) is 12.7 Å². The lowest BCUT2D eigenvalue weighted by Gasteiger charge is -2.46. The molecule has 1 unspecified atom stereocenters. The summed E-state index contributed by atoms with van der Waals surface area (Å²) in [5, 5.41) is 7.31. The Labute approximate surface area is 273 Å². The van der Waals surface area contributed by atoms with Gasteiger partial charge in [0, 0.05) is 56.8 Å². The highest BCUT2D eigenvalue weighted by molar-refractivity contribution is 6.12. The van der Waals surface area contributed by atoms with E-state index in [-0.39, 0.29) is 17.6 Å². The summed E-state index contributed by atoms with van der Waals surface area (Å²) in [6.07, 6.45) is 11.2. The first-order valence-electron chi connectivity index (χ1n) is 15.7. The molecule has 2 aliphatic rings. The fourth-order valence-electron chi connectivity index (χ4n) is 5.68. The number of carbonyl (C=O) groups excluding carboxylic acids is 1. The first-order chi connectivity index (χ1) is 22.8. The van der Waals surface area contributed by atoms with E-state index in [0.717, 1.165) is 23.2 Å². The van der Waals surface area contributed by atoms with E-state index in [4.69, 9.17) is 14.5 Å². The van der Waals surface area contributed by atoms with Gasteiger partial charge in [0.2, 0.25) is 5.91 Å². The summed E-state index contributed by atoms with van der Waals surface area (Å²) in [6.45, 7) is 6.98. The zero-order valence-electron chi connectivity index (χ0n) is 27.1. The fraction of sp³-hybridized carbons (Fsp3) is 0.314. The van der Waals surface area contributed by atoms with Crippen LogP contribution in [-0.2, 0) is 4.79 Å². The quantitative estimate of drug-likeness (QED) is 0.150. The van der Waals surface area contributed by atoms with Crippen LogP contribution in [0.5, 0.6) is 17.2 Å². The summed E-state index contributed by atoms with van der Waals surface area (Å²) in [5.74, 6) is 1.53. The number of rotatable bonds is 9. The third-order valence-electron chi connectivity index (χ3n) is 8.06. The first kappa shape index (κ1) is 31.7. The zero-order chi connectivity index (χ0) is 32.9. The number of amidine groups is 1. The molecule has 1 N–H and O–H groups in total. The molecule has 6 rings (SSSR count). The molecule has 4 heterocycles. The topological polar surface area (TPSA) is 99.8 Å². The van der Waals surface area contributed by atoms with E-state index < -0.39 is 5.82 Å². The van der Waals surface area contributed by atoms with Gasteiger partial charge in [0.1, 0.15) is 36.1 Å². The number of nitrogens with one attached hydrogen (secondary N) is 1. The molecule has 1 atom stereocenters. The zero-order valence-corrected chi connectivity index (χ0v) is 27.1. The van der Waals surface area contributed by atoms with Crippen LogP contribution in [0.2, 0.25) is 0 Å². The Balaban J connectivity index is 1.23. The molecule has 0 radical (unpaired) electrons. The predicted octanol–water partition coefficient (Wildman–Crippen LogP) is 5.28. The number of amides is 1. The highest BCUT2D eigenvalue weighted by Gasteiger charge is 2.36. The van der Waals surface area contributed by atoms with Gasteiger partial charge in [-0.05, 0) is 57.3 Å². The van der Waals surface area contributed by atoms with Gasteiger partial charge in [0.25, 0.3) is 0 Å². The molecule has 47 heavy (non-hydrogen) atoms. The molecule has 0 aliphatic carbocycles. The standard InChI is InChI=1S/C35H39FN8O3/c1-5-6-14-37-35(40-29-11-10-26(19-28(29)36)47-27-13-16-44-31(20-27)38-23-39-44)33-24(2)9-12-30-34(33)46-22-25-21-42(17-18-43(25)30)32(45)8-7-15-41(3)4/h6-14,16,19-20,23,25H,5,15,17-18,21-22H2,1-4H3,(H,37,40)/b8-7+,14-6+. The van der Waals surface area contributed by atoms with Gasteiger partial charge in [0.15, 0.2) is 11.4 Å². The van der Waals surface area contributed by atoms with E-state index in [1.807, 2.05) is 56.0 Å². The Kier molecular flexibility index (Phi) is 9.48. The number of aromatic nitrogens is 3. The van der Waals surface area contributed by atoms with Gasteiger partial charge in [-0.3, -0.25) is 4.79 Å². The van der Waals surface area contributed by atoms with Crippen molar-refractivity contribution in [3.05, 3.63) is 96.4 Å². The van der Waals surface area contributed by atoms with Gasteiger partial charge in [-0.2, -0.15) is 5.10 Å². The lowest BCUT2D eigenvalue weighted by Crippen LogP contribution is -2.58. The number of hydrogen-bond acceptors (Lipinski definition) is 8. The van der Waals surface area contributed by atoms with Gasteiger partial charge in [0.05, 0.1) is 23.0 Å². The van der Waals surface area contributed by atoms with Crippen molar-refractivity contribution in [2.24, 2.45) is 4.99 Å². The monoisotopic (exact) mass is 638 g/mol. The second-order valence-corrected chi connectivity index (χ2v) is 11.8. The van der Waals surface area contributed by atoms with Crippen molar-refractivity contribution in [3.8, 4) is 17.2 Å². The average molecular weight is 639 g/mol. The third kappa shape index (κ3) is 7.12. The van der Waals surface area contributed by atoms with Crippen LogP contribution in [-0.4, -0.2) is 89.1 Å².